The summed E-state index contributed by atoms with van der Waals surface area (Å²) in [6, 6.07) is 16.6. The first-order chi connectivity index (χ1) is 15.2. The van der Waals surface area contributed by atoms with Gasteiger partial charge >= 0.3 is 0 Å². The molecule has 2 aromatic carbocycles. The van der Waals surface area contributed by atoms with Crippen LogP contribution in [0.2, 0.25) is 0 Å². The van der Waals surface area contributed by atoms with E-state index in [0.29, 0.717) is 0 Å². The van der Waals surface area contributed by atoms with Gasteiger partial charge in [-0.3, -0.25) is 4.79 Å². The van der Waals surface area contributed by atoms with E-state index in [9.17, 15) is 4.79 Å². The fraction of sp³-hybridized carbons (Fsp3) is 0.250. The molecule has 0 fully saturated rings. The van der Waals surface area contributed by atoms with Gasteiger partial charge in [0.05, 0.1) is 7.11 Å². The minimum Gasteiger partial charge on any atom is -0.497 e. The van der Waals surface area contributed by atoms with Gasteiger partial charge < -0.3 is 4.74 Å². The summed E-state index contributed by atoms with van der Waals surface area (Å²) >= 11 is 1.77. The van der Waals surface area contributed by atoms with E-state index in [1.807, 2.05) is 12.1 Å². The van der Waals surface area contributed by atoms with E-state index in [4.69, 9.17) is 4.74 Å². The summed E-state index contributed by atoms with van der Waals surface area (Å²) in [6.45, 7) is 4.32. The number of carbonyl (C=O) groups is 1. The van der Waals surface area contributed by atoms with Gasteiger partial charge in [0.15, 0.2) is 0 Å². The topological polar surface area (TPSA) is 26.3 Å². The van der Waals surface area contributed by atoms with Crippen molar-refractivity contribution in [2.75, 3.05) is 7.11 Å². The first kappa shape index (κ1) is 22.8. The Labute approximate surface area is 189 Å². The first-order valence-electron chi connectivity index (χ1n) is 10.9. The number of hydrogen-bond donors (Lipinski definition) is 0. The molecule has 3 rings (SSSR count). The van der Waals surface area contributed by atoms with Gasteiger partial charge in [0.1, 0.15) is 12.0 Å². The Kier molecular flexibility index (Phi) is 8.43. The molecule has 2 nitrogen and oxygen atoms in total. The molecular formula is C28H30O2S. The predicted octanol–water partition coefficient (Wildman–Crippen LogP) is 7.82. The van der Waals surface area contributed by atoms with Crippen LogP contribution < -0.4 is 4.74 Å². The van der Waals surface area contributed by atoms with Crippen LogP contribution in [0.5, 0.6) is 5.75 Å². The number of aldehydes is 1. The molecule has 0 aliphatic carbocycles. The van der Waals surface area contributed by atoms with Crippen molar-refractivity contribution in [2.24, 2.45) is 0 Å². The normalized spacial score (nSPS) is 11.5. The van der Waals surface area contributed by atoms with E-state index in [1.165, 1.54) is 20.9 Å². The van der Waals surface area contributed by atoms with Gasteiger partial charge in [-0.2, -0.15) is 0 Å². The maximum atomic E-state index is 11.5. The van der Waals surface area contributed by atoms with Crippen molar-refractivity contribution >= 4 is 41.9 Å². The molecule has 1 aromatic heterocycles. The highest BCUT2D eigenvalue weighted by Crippen LogP contribution is 2.25. The summed E-state index contributed by atoms with van der Waals surface area (Å²) in [5, 5.41) is 0. The summed E-state index contributed by atoms with van der Waals surface area (Å²) in [4.78, 5) is 14.0. The van der Waals surface area contributed by atoms with Crippen LogP contribution in [0.25, 0.3) is 24.3 Å². The Balaban J connectivity index is 1.78. The van der Waals surface area contributed by atoms with Crippen molar-refractivity contribution in [2.45, 2.75) is 39.5 Å². The number of carbonyl (C=O) groups excluding carboxylic acids is 1. The zero-order chi connectivity index (χ0) is 22.1. The van der Waals surface area contributed by atoms with Crippen LogP contribution in [0, 0.1) is 0 Å². The molecule has 0 amide bonds. The second-order valence-electron chi connectivity index (χ2n) is 7.55. The van der Waals surface area contributed by atoms with Crippen molar-refractivity contribution in [1.82, 2.24) is 0 Å². The summed E-state index contributed by atoms with van der Waals surface area (Å²) in [6.07, 6.45) is 13.6. The number of thiophene rings is 1. The molecule has 0 unspecified atom stereocenters. The Bertz CT molecular complexity index is 1060. The van der Waals surface area contributed by atoms with Gasteiger partial charge in [-0.25, -0.2) is 0 Å². The molecule has 0 saturated heterocycles. The van der Waals surface area contributed by atoms with Gasteiger partial charge in [-0.15, -0.1) is 11.3 Å². The van der Waals surface area contributed by atoms with E-state index in [0.717, 1.165) is 54.4 Å². The molecule has 3 aromatic rings. The Morgan fingerprint density at radius 1 is 0.774 bits per heavy atom. The average molecular weight is 431 g/mol. The van der Waals surface area contributed by atoms with Crippen LogP contribution in [0.4, 0.5) is 0 Å². The van der Waals surface area contributed by atoms with Gasteiger partial charge in [0, 0.05) is 15.3 Å². The zero-order valence-corrected chi connectivity index (χ0v) is 19.4. The van der Waals surface area contributed by atoms with Crippen LogP contribution >= 0.6 is 11.3 Å². The predicted molar refractivity (Wildman–Crippen MR) is 135 cm³/mol. The minimum absolute atomic E-state index is 0.838. The maximum Gasteiger partial charge on any atom is 0.150 e. The molecule has 0 atom stereocenters. The van der Waals surface area contributed by atoms with Crippen LogP contribution in [0.15, 0.2) is 48.5 Å². The van der Waals surface area contributed by atoms with Gasteiger partial charge in [0.2, 0.25) is 0 Å². The molecule has 0 saturated carbocycles. The number of hydrogen-bond acceptors (Lipinski definition) is 3. The lowest BCUT2D eigenvalue weighted by molar-refractivity contribution is 0.112. The van der Waals surface area contributed by atoms with Crippen molar-refractivity contribution in [3.63, 3.8) is 0 Å². The van der Waals surface area contributed by atoms with Crippen LogP contribution in [-0.4, -0.2) is 13.4 Å². The zero-order valence-electron chi connectivity index (χ0n) is 18.6. The lowest BCUT2D eigenvalue weighted by Crippen LogP contribution is -1.98. The van der Waals surface area contributed by atoms with Crippen molar-refractivity contribution < 1.29 is 9.53 Å². The summed E-state index contributed by atoms with van der Waals surface area (Å²) < 4.78 is 5.21. The molecule has 1 heterocycles. The highest BCUT2D eigenvalue weighted by Gasteiger charge is 2.08. The Hall–Kier alpha value is -2.91. The van der Waals surface area contributed by atoms with E-state index in [-0.39, 0.29) is 0 Å². The molecule has 3 heteroatoms. The first-order valence-corrected chi connectivity index (χ1v) is 11.7. The summed E-state index contributed by atoms with van der Waals surface area (Å²) in [5.74, 6) is 0.867. The number of aryl methyl sites for hydroxylation is 2. The standard InChI is InChI=1S/C28H30O2S/c1-4-6-22-19-25(20-29)23(7-5-2)18-24(22)11-15-28-17-16-27(31-28)14-10-21-8-12-26(30-3)13-9-21/h8-20H,4-7H2,1-3H3/b14-10+,15-11+. The largest absolute Gasteiger partial charge is 0.497 e. The van der Waals surface area contributed by atoms with Crippen molar-refractivity contribution in [1.29, 1.82) is 0 Å². The van der Waals surface area contributed by atoms with Crippen molar-refractivity contribution in [3.8, 4) is 5.75 Å². The minimum atomic E-state index is 0.838. The van der Waals surface area contributed by atoms with E-state index in [2.05, 4.69) is 74.5 Å². The van der Waals surface area contributed by atoms with E-state index in [1.54, 1.807) is 18.4 Å². The molecular weight excluding hydrogens is 400 g/mol. The molecule has 0 spiro atoms. The highest BCUT2D eigenvalue weighted by atomic mass is 32.1. The number of ether oxygens (including phenoxy) is 1. The van der Waals surface area contributed by atoms with E-state index < -0.39 is 0 Å². The number of rotatable bonds is 10. The van der Waals surface area contributed by atoms with Crippen LogP contribution in [-0.2, 0) is 12.8 Å². The third-order valence-electron chi connectivity index (χ3n) is 5.20. The number of methoxy groups -OCH3 is 1. The quantitative estimate of drug-likeness (QED) is 0.307. The van der Waals surface area contributed by atoms with Gasteiger partial charge in [-0.1, -0.05) is 57.0 Å². The lowest BCUT2D eigenvalue weighted by Gasteiger charge is -2.11. The van der Waals surface area contributed by atoms with Gasteiger partial charge in [-0.05, 0) is 77.6 Å². The summed E-state index contributed by atoms with van der Waals surface area (Å²) in [5.41, 5.74) is 5.60. The fourth-order valence-corrected chi connectivity index (χ4v) is 4.39. The molecule has 31 heavy (non-hydrogen) atoms. The second kappa shape index (κ2) is 11.5. The molecule has 160 valence electrons. The highest BCUT2D eigenvalue weighted by molar-refractivity contribution is 7.13. The third-order valence-corrected chi connectivity index (χ3v) is 6.21. The molecule has 0 N–H and O–H groups in total. The van der Waals surface area contributed by atoms with Gasteiger partial charge in [0.25, 0.3) is 0 Å². The molecule has 0 aliphatic rings. The Morgan fingerprint density at radius 3 is 1.94 bits per heavy atom. The molecule has 0 aliphatic heterocycles. The summed E-state index contributed by atoms with van der Waals surface area (Å²) in [7, 11) is 1.68. The van der Waals surface area contributed by atoms with Crippen molar-refractivity contribution in [3.05, 3.63) is 86.1 Å². The smallest absolute Gasteiger partial charge is 0.150 e. The lowest BCUT2D eigenvalue weighted by atomic mass is 9.94. The number of benzene rings is 2. The maximum absolute atomic E-state index is 11.5. The Morgan fingerprint density at radius 2 is 1.35 bits per heavy atom. The molecule has 0 radical (unpaired) electrons. The SMILES string of the molecule is CCCc1cc(/C=C/c2ccc(/C=C/c3ccc(OC)cc3)s2)c(CCC)cc1C=O. The van der Waals surface area contributed by atoms with E-state index >= 15 is 0 Å². The third kappa shape index (κ3) is 6.28. The second-order valence-corrected chi connectivity index (χ2v) is 8.69. The monoisotopic (exact) mass is 430 g/mol. The average Bonchev–Trinajstić information content (AvgIpc) is 3.26. The van der Waals surface area contributed by atoms with Crippen LogP contribution in [0.1, 0.15) is 69.1 Å². The van der Waals surface area contributed by atoms with Crippen LogP contribution in [0.3, 0.4) is 0 Å². The fourth-order valence-electron chi connectivity index (χ4n) is 3.58. The molecule has 0 bridgehead atoms.